The number of aliphatic carboxylic acids is 1. The number of carboxylic acids is 1. The van der Waals surface area contributed by atoms with E-state index in [0.717, 1.165) is 14.8 Å². The first-order chi connectivity index (χ1) is 17.9. The van der Waals surface area contributed by atoms with Crippen molar-refractivity contribution in [1.29, 1.82) is 0 Å². The molecule has 1 aliphatic rings. The van der Waals surface area contributed by atoms with Gasteiger partial charge in [0.05, 0.1) is 16.5 Å². The second kappa shape index (κ2) is 12.5. The number of hydrogen-bond donors (Lipinski definition) is 3. The van der Waals surface area contributed by atoms with E-state index in [-0.39, 0.29) is 49.1 Å². The summed E-state index contributed by atoms with van der Waals surface area (Å²) in [5.41, 5.74) is 7.40. The summed E-state index contributed by atoms with van der Waals surface area (Å²) < 4.78 is 54.7. The number of sulfonamides is 2. The smallest absolute Gasteiger partial charge is 0.323 e. The van der Waals surface area contributed by atoms with Gasteiger partial charge in [0.15, 0.2) is 0 Å². The van der Waals surface area contributed by atoms with Crippen molar-refractivity contribution in [1.82, 2.24) is 13.9 Å². The van der Waals surface area contributed by atoms with Crippen LogP contribution in [0.4, 0.5) is 0 Å². The van der Waals surface area contributed by atoms with Crippen LogP contribution >= 0.6 is 0 Å². The summed E-state index contributed by atoms with van der Waals surface area (Å²) in [7, 11) is -7.73. The summed E-state index contributed by atoms with van der Waals surface area (Å²) in [6.07, 6.45) is -0.0655. The van der Waals surface area contributed by atoms with E-state index >= 15 is 0 Å². The van der Waals surface area contributed by atoms with Crippen LogP contribution in [0.5, 0.6) is 0 Å². The highest BCUT2D eigenvalue weighted by atomic mass is 32.2. The maximum Gasteiger partial charge on any atom is 0.323 e. The Bertz CT molecular complexity index is 1380. The molecule has 4 N–H and O–H groups in total. The maximum atomic E-state index is 13.2. The molecule has 0 bridgehead atoms. The third-order valence-corrected chi connectivity index (χ3v) is 9.20. The van der Waals surface area contributed by atoms with Crippen molar-refractivity contribution in [2.45, 2.75) is 36.5 Å². The quantitative estimate of drug-likeness (QED) is 0.246. The molecule has 1 saturated heterocycles. The number of amides is 1. The van der Waals surface area contributed by atoms with E-state index in [4.69, 9.17) is 10.8 Å². The zero-order chi connectivity index (χ0) is 27.9. The normalized spacial score (nSPS) is 17.5. The molecule has 3 rings (SSSR count). The van der Waals surface area contributed by atoms with E-state index < -0.39 is 44.5 Å². The Kier molecular flexibility index (Phi) is 9.60. The van der Waals surface area contributed by atoms with Crippen LogP contribution in [0, 0.1) is 6.92 Å². The first-order valence-electron chi connectivity index (χ1n) is 11.8. The van der Waals surface area contributed by atoms with E-state index in [0.29, 0.717) is 5.56 Å². The number of aryl methyl sites for hydroxylation is 1. The maximum absolute atomic E-state index is 13.2. The molecule has 38 heavy (non-hydrogen) atoms. The highest BCUT2D eigenvalue weighted by Gasteiger charge is 2.41. The Labute approximate surface area is 222 Å². The highest BCUT2D eigenvalue weighted by Crippen LogP contribution is 2.22. The minimum Gasteiger partial charge on any atom is -0.480 e. The molecule has 1 amide bonds. The number of carbonyl (C=O) groups excluding carboxylic acids is 1. The lowest BCUT2D eigenvalue weighted by Gasteiger charge is -2.39. The van der Waals surface area contributed by atoms with Gasteiger partial charge in [0.25, 0.3) is 0 Å². The average molecular weight is 566 g/mol. The number of benzene rings is 2. The lowest BCUT2D eigenvalue weighted by atomic mass is 10.1. The number of nitrogens with zero attached hydrogens (tertiary/aromatic N) is 3. The highest BCUT2D eigenvalue weighted by molar-refractivity contribution is 7.89. The third kappa shape index (κ3) is 7.84. The Balaban J connectivity index is 1.70. The molecule has 14 heteroatoms. The number of amidine groups is 1. The summed E-state index contributed by atoms with van der Waals surface area (Å²) in [6, 6.07) is 13.6. The van der Waals surface area contributed by atoms with Crippen LogP contribution in [0.2, 0.25) is 0 Å². The van der Waals surface area contributed by atoms with Crippen LogP contribution in [0.3, 0.4) is 0 Å². The lowest BCUT2D eigenvalue weighted by molar-refractivity contribution is -0.148. The van der Waals surface area contributed by atoms with Gasteiger partial charge in [0, 0.05) is 19.5 Å². The number of carboxylic acid groups (broad SMARTS) is 1. The molecule has 0 aromatic heterocycles. The number of aliphatic imine (C=N–C) groups is 1. The van der Waals surface area contributed by atoms with Crippen molar-refractivity contribution in [2.75, 3.05) is 26.3 Å². The van der Waals surface area contributed by atoms with Crippen molar-refractivity contribution in [2.24, 2.45) is 10.7 Å². The molecule has 0 spiro atoms. The lowest BCUT2D eigenvalue weighted by Crippen LogP contribution is -2.59. The summed E-state index contributed by atoms with van der Waals surface area (Å²) in [4.78, 5) is 29.5. The topological polar surface area (TPSA) is 180 Å². The van der Waals surface area contributed by atoms with Gasteiger partial charge in [-0.1, -0.05) is 48.0 Å². The van der Waals surface area contributed by atoms with Crippen molar-refractivity contribution in [3.8, 4) is 0 Å². The predicted octanol–water partition coefficient (Wildman–Crippen LogP) is 0.496. The van der Waals surface area contributed by atoms with Gasteiger partial charge in [-0.3, -0.25) is 14.6 Å². The Morgan fingerprint density at radius 1 is 1.08 bits per heavy atom. The fourth-order valence-electron chi connectivity index (χ4n) is 3.99. The number of piperazine rings is 1. The molecule has 12 nitrogen and oxygen atoms in total. The standard InChI is InChI=1S/C24H31N5O7S2/c1-18-7-9-20(10-8-18)38(35,36)27-17-26-22(25)12-11-21-24(32)28(15-23(30)31)13-14-29(21)37(33,34)16-19-5-3-2-4-6-19/h2-10,21,27H,11-17H2,1H3,(H2,25,26)(H,30,31)/t21-/m0/s1. The number of nitrogens with two attached hydrogens (primary N) is 1. The third-order valence-electron chi connectivity index (χ3n) is 5.95. The van der Waals surface area contributed by atoms with Crippen molar-refractivity contribution >= 4 is 37.8 Å². The summed E-state index contributed by atoms with van der Waals surface area (Å²) in [5.74, 6) is -2.15. The summed E-state index contributed by atoms with van der Waals surface area (Å²) >= 11 is 0. The van der Waals surface area contributed by atoms with Gasteiger partial charge in [0.1, 0.15) is 19.3 Å². The molecule has 0 saturated carbocycles. The van der Waals surface area contributed by atoms with Gasteiger partial charge < -0.3 is 15.7 Å². The van der Waals surface area contributed by atoms with Crippen molar-refractivity contribution in [3.05, 3.63) is 65.7 Å². The molecule has 0 unspecified atom stereocenters. The minimum atomic E-state index is -3.92. The fourth-order valence-corrected chi connectivity index (χ4v) is 6.61. The van der Waals surface area contributed by atoms with Crippen LogP contribution in [-0.4, -0.2) is 81.2 Å². The van der Waals surface area contributed by atoms with Gasteiger partial charge >= 0.3 is 5.97 Å². The minimum absolute atomic E-state index is 0.0130. The average Bonchev–Trinajstić information content (AvgIpc) is 2.84. The Hall–Kier alpha value is -3.33. The van der Waals surface area contributed by atoms with Gasteiger partial charge in [-0.15, -0.1) is 0 Å². The van der Waals surface area contributed by atoms with Gasteiger partial charge in [-0.2, -0.15) is 9.03 Å². The summed E-state index contributed by atoms with van der Waals surface area (Å²) in [5, 5.41) is 9.15. The zero-order valence-corrected chi connectivity index (χ0v) is 22.5. The predicted molar refractivity (Wildman–Crippen MR) is 141 cm³/mol. The first-order valence-corrected chi connectivity index (χ1v) is 14.9. The van der Waals surface area contributed by atoms with E-state index in [2.05, 4.69) is 9.71 Å². The molecule has 0 radical (unpaired) electrons. The number of nitrogens with one attached hydrogen (secondary N) is 1. The van der Waals surface area contributed by atoms with Crippen LogP contribution in [0.15, 0.2) is 64.5 Å². The van der Waals surface area contributed by atoms with E-state index in [1.165, 1.54) is 12.1 Å². The molecular formula is C24H31N5O7S2. The largest absolute Gasteiger partial charge is 0.480 e. The second-order valence-electron chi connectivity index (χ2n) is 8.83. The van der Waals surface area contributed by atoms with Gasteiger partial charge in [0.2, 0.25) is 26.0 Å². The van der Waals surface area contributed by atoms with Gasteiger partial charge in [-0.05, 0) is 31.0 Å². The molecule has 2 aromatic rings. The monoisotopic (exact) mass is 565 g/mol. The van der Waals surface area contributed by atoms with E-state index in [1.807, 2.05) is 6.92 Å². The Morgan fingerprint density at radius 2 is 1.74 bits per heavy atom. The van der Waals surface area contributed by atoms with E-state index in [1.54, 1.807) is 42.5 Å². The fraction of sp³-hybridized carbons (Fsp3) is 0.375. The number of hydrogen-bond acceptors (Lipinski definition) is 7. The van der Waals surface area contributed by atoms with Crippen molar-refractivity contribution in [3.63, 3.8) is 0 Å². The molecule has 206 valence electrons. The van der Waals surface area contributed by atoms with Crippen LogP contribution < -0.4 is 10.5 Å². The van der Waals surface area contributed by atoms with E-state index in [9.17, 15) is 26.4 Å². The number of carbonyl (C=O) groups is 2. The molecule has 1 aliphatic heterocycles. The zero-order valence-electron chi connectivity index (χ0n) is 20.9. The molecule has 1 fully saturated rings. The molecule has 1 atom stereocenters. The molecule has 2 aromatic carbocycles. The first kappa shape index (κ1) is 29.2. The summed E-state index contributed by atoms with van der Waals surface area (Å²) in [6.45, 7) is 0.821. The number of rotatable bonds is 12. The molecule has 0 aliphatic carbocycles. The van der Waals surface area contributed by atoms with Crippen LogP contribution in [-0.2, 0) is 35.4 Å². The van der Waals surface area contributed by atoms with Gasteiger partial charge in [-0.25, -0.2) is 16.8 Å². The second-order valence-corrected chi connectivity index (χ2v) is 12.5. The van der Waals surface area contributed by atoms with Crippen LogP contribution in [0.1, 0.15) is 24.0 Å². The van der Waals surface area contributed by atoms with Crippen LogP contribution in [0.25, 0.3) is 0 Å². The SMILES string of the molecule is Cc1ccc(S(=O)(=O)NC/N=C(\N)CC[C@H]2C(=O)N(CC(=O)O)CCN2S(=O)(=O)Cc2ccccc2)cc1. The Morgan fingerprint density at radius 3 is 2.37 bits per heavy atom. The van der Waals surface area contributed by atoms with Crippen molar-refractivity contribution < 1.29 is 31.5 Å². The molecule has 1 heterocycles. The molecular weight excluding hydrogens is 534 g/mol.